The Kier molecular flexibility index (Phi) is 18.7. The lowest BCUT2D eigenvalue weighted by Gasteiger charge is -2.49. The third kappa shape index (κ3) is 14.3. The Morgan fingerprint density at radius 2 is 1.42 bits per heavy atom. The molecule has 0 radical (unpaired) electrons. The number of aliphatic hydroxyl groups excluding tert-OH is 1. The highest BCUT2D eigenvalue weighted by Gasteiger charge is 2.61. The predicted octanol–water partition coefficient (Wildman–Crippen LogP) is 4.65. The van der Waals surface area contributed by atoms with Gasteiger partial charge in [-0.3, -0.25) is 19.2 Å². The van der Waals surface area contributed by atoms with Crippen molar-refractivity contribution in [3.05, 3.63) is 35.9 Å². The van der Waals surface area contributed by atoms with Gasteiger partial charge in [0.1, 0.15) is 18.8 Å². The number of aliphatic hydroxyl groups is 2. The molecule has 53 heavy (non-hydrogen) atoms. The lowest BCUT2D eigenvalue weighted by atomic mass is 9.92. The van der Waals surface area contributed by atoms with E-state index in [1.54, 1.807) is 0 Å². The Morgan fingerprint density at radius 3 is 1.96 bits per heavy atom. The second-order valence-corrected chi connectivity index (χ2v) is 13.9. The number of hydrogen-bond acceptors (Lipinski definition) is 13. The zero-order valence-electron chi connectivity index (χ0n) is 32.0. The summed E-state index contributed by atoms with van der Waals surface area (Å²) in [6, 6.07) is 8.41. The molecule has 14 heteroatoms. The molecule has 0 unspecified atom stereocenters. The van der Waals surface area contributed by atoms with Crippen LogP contribution in [-0.4, -0.2) is 102 Å². The number of carbonyl (C=O) groups is 4. The van der Waals surface area contributed by atoms with Crippen LogP contribution in [0.2, 0.25) is 0 Å². The van der Waals surface area contributed by atoms with E-state index in [1.165, 1.54) is 58.3 Å². The summed E-state index contributed by atoms with van der Waals surface area (Å²) in [5.74, 6) is -2.80. The summed E-state index contributed by atoms with van der Waals surface area (Å²) in [7, 11) is 0. The number of unbranched alkanes of at least 4 members (excludes halogenated alkanes) is 11. The SMILES string of the molecule is CCCCCCCCCCCCCC[C@@H](O)[C@H]1OC(c2ccccc2)=N[C@H]1CO[C@@H]1O[C@H](COC(C)=O)[C@@H](OC(C)=O)[C@H](OC(C)=O)[C@]1(O)NC(C)=O. The second-order valence-electron chi connectivity index (χ2n) is 13.9. The van der Waals surface area contributed by atoms with Crippen LogP contribution >= 0.6 is 0 Å². The van der Waals surface area contributed by atoms with E-state index in [0.29, 0.717) is 17.9 Å². The molecular weight excluding hydrogens is 688 g/mol. The minimum absolute atomic E-state index is 0.283. The maximum absolute atomic E-state index is 12.4. The van der Waals surface area contributed by atoms with Crippen molar-refractivity contribution in [3.8, 4) is 0 Å². The lowest BCUT2D eigenvalue weighted by molar-refractivity contribution is -0.350. The number of amides is 1. The first kappa shape index (κ1) is 43.8. The van der Waals surface area contributed by atoms with Crippen molar-refractivity contribution in [1.82, 2.24) is 5.32 Å². The highest BCUT2D eigenvalue weighted by Crippen LogP contribution is 2.35. The van der Waals surface area contributed by atoms with Gasteiger partial charge in [-0.1, -0.05) is 102 Å². The maximum atomic E-state index is 12.4. The van der Waals surface area contributed by atoms with Crippen LogP contribution in [0.1, 0.15) is 124 Å². The van der Waals surface area contributed by atoms with Gasteiger partial charge in [0.05, 0.1) is 12.7 Å². The van der Waals surface area contributed by atoms with Crippen molar-refractivity contribution in [2.45, 2.75) is 167 Å². The van der Waals surface area contributed by atoms with Crippen LogP contribution in [-0.2, 0) is 47.6 Å². The molecule has 1 aromatic carbocycles. The van der Waals surface area contributed by atoms with Crippen LogP contribution < -0.4 is 5.32 Å². The quantitative estimate of drug-likeness (QED) is 0.0610. The standard InChI is InChI=1S/C39H60N2O12/c1-6-7-8-9-10-11-12-13-14-15-16-20-23-32(46)34-31(40-37(53-34)30-21-18-17-19-22-30)24-49-38-39(47,41-26(2)42)36(51-29(5)45)35(50-28(4)44)33(52-38)25-48-27(3)43/h17-19,21-22,31-36,38,46-47H,6-16,20,23-25H2,1-5H3,(H,41,42)/t31-,32+,33+,34-,35+,36-,38+,39+/m0/s1. The average Bonchev–Trinajstić information content (AvgIpc) is 3.53. The molecule has 1 amide bonds. The molecule has 8 atom stereocenters. The fourth-order valence-electron chi connectivity index (χ4n) is 6.69. The van der Waals surface area contributed by atoms with Gasteiger partial charge in [0.2, 0.25) is 23.8 Å². The third-order valence-corrected chi connectivity index (χ3v) is 9.26. The van der Waals surface area contributed by atoms with Crippen LogP contribution in [0.3, 0.4) is 0 Å². The molecule has 14 nitrogen and oxygen atoms in total. The molecule has 0 saturated carbocycles. The molecular formula is C39H60N2O12. The molecule has 0 aliphatic carbocycles. The van der Waals surface area contributed by atoms with E-state index < -0.39 is 79.0 Å². The van der Waals surface area contributed by atoms with Crippen LogP contribution in [0.15, 0.2) is 35.3 Å². The number of ether oxygens (including phenoxy) is 6. The second kappa shape index (κ2) is 22.6. The monoisotopic (exact) mass is 748 g/mol. The van der Waals surface area contributed by atoms with E-state index in [4.69, 9.17) is 33.4 Å². The largest absolute Gasteiger partial charge is 0.469 e. The van der Waals surface area contributed by atoms with E-state index in [2.05, 4.69) is 12.2 Å². The third-order valence-electron chi connectivity index (χ3n) is 9.26. The van der Waals surface area contributed by atoms with Crippen LogP contribution in [0.25, 0.3) is 0 Å². The molecule has 3 rings (SSSR count). The molecule has 2 aliphatic rings. The fourth-order valence-corrected chi connectivity index (χ4v) is 6.69. The van der Waals surface area contributed by atoms with Crippen molar-refractivity contribution < 1.29 is 57.8 Å². The van der Waals surface area contributed by atoms with Gasteiger partial charge in [-0.25, -0.2) is 4.99 Å². The van der Waals surface area contributed by atoms with E-state index in [0.717, 1.165) is 46.5 Å². The zero-order chi connectivity index (χ0) is 38.8. The van der Waals surface area contributed by atoms with Gasteiger partial charge in [0.25, 0.3) is 0 Å². The summed E-state index contributed by atoms with van der Waals surface area (Å²) >= 11 is 0. The normalized spacial score (nSPS) is 25.8. The molecule has 1 saturated heterocycles. The smallest absolute Gasteiger partial charge is 0.303 e. The van der Waals surface area contributed by atoms with Crippen LogP contribution in [0.4, 0.5) is 0 Å². The van der Waals surface area contributed by atoms with Gasteiger partial charge in [-0.2, -0.15) is 0 Å². The molecule has 0 aromatic heterocycles. The predicted molar refractivity (Wildman–Crippen MR) is 194 cm³/mol. The number of esters is 3. The Hall–Kier alpha value is -3.59. The molecule has 0 bridgehead atoms. The Labute approximate surface area is 313 Å². The summed E-state index contributed by atoms with van der Waals surface area (Å²) in [6.45, 7) is 5.93. The van der Waals surface area contributed by atoms with Gasteiger partial charge >= 0.3 is 17.9 Å². The number of nitrogens with zero attached hydrogens (tertiary/aromatic N) is 1. The van der Waals surface area contributed by atoms with Crippen LogP contribution in [0.5, 0.6) is 0 Å². The summed E-state index contributed by atoms with van der Waals surface area (Å²) in [6.07, 6.45) is 6.73. The maximum Gasteiger partial charge on any atom is 0.303 e. The first-order chi connectivity index (χ1) is 25.3. The summed E-state index contributed by atoms with van der Waals surface area (Å²) in [5, 5.41) is 25.7. The van der Waals surface area contributed by atoms with E-state index in [9.17, 15) is 29.4 Å². The van der Waals surface area contributed by atoms with Gasteiger partial charge in [-0.05, 0) is 18.6 Å². The first-order valence-corrected chi connectivity index (χ1v) is 19.1. The van der Waals surface area contributed by atoms with E-state index in [1.807, 2.05) is 30.3 Å². The van der Waals surface area contributed by atoms with Gasteiger partial charge in [-0.15, -0.1) is 0 Å². The van der Waals surface area contributed by atoms with Crippen molar-refractivity contribution in [2.24, 2.45) is 4.99 Å². The van der Waals surface area contributed by atoms with Crippen molar-refractivity contribution in [3.63, 3.8) is 0 Å². The number of carbonyl (C=O) groups excluding carboxylic acids is 4. The van der Waals surface area contributed by atoms with E-state index in [-0.39, 0.29) is 6.61 Å². The minimum atomic E-state index is -2.58. The van der Waals surface area contributed by atoms with Gasteiger partial charge in [0.15, 0.2) is 18.3 Å². The van der Waals surface area contributed by atoms with Gasteiger partial charge < -0.3 is 44.0 Å². The zero-order valence-corrected chi connectivity index (χ0v) is 32.0. The van der Waals surface area contributed by atoms with E-state index >= 15 is 0 Å². The fraction of sp³-hybridized carbons (Fsp3) is 0.718. The summed E-state index contributed by atoms with van der Waals surface area (Å²) < 4.78 is 34.3. The minimum Gasteiger partial charge on any atom is -0.469 e. The lowest BCUT2D eigenvalue weighted by Crippen LogP contribution is -2.75. The molecule has 2 aliphatic heterocycles. The number of nitrogens with one attached hydrogen (secondary N) is 1. The molecule has 298 valence electrons. The topological polar surface area (TPSA) is 189 Å². The Balaban J connectivity index is 1.73. The number of aliphatic imine (C=N–C) groups is 1. The summed E-state index contributed by atoms with van der Waals surface area (Å²) in [5.41, 5.74) is -1.89. The van der Waals surface area contributed by atoms with Gasteiger partial charge in [0, 0.05) is 33.3 Å². The van der Waals surface area contributed by atoms with Crippen molar-refractivity contribution in [2.75, 3.05) is 13.2 Å². The first-order valence-electron chi connectivity index (χ1n) is 19.1. The highest BCUT2D eigenvalue weighted by atomic mass is 16.7. The molecule has 3 N–H and O–H groups in total. The van der Waals surface area contributed by atoms with Crippen molar-refractivity contribution >= 4 is 29.7 Å². The summed E-state index contributed by atoms with van der Waals surface area (Å²) in [4.78, 5) is 53.2. The Morgan fingerprint density at radius 1 is 0.830 bits per heavy atom. The number of rotatable bonds is 23. The number of hydrogen-bond donors (Lipinski definition) is 3. The molecule has 1 fully saturated rings. The molecule has 2 heterocycles. The Bertz CT molecular complexity index is 1330. The van der Waals surface area contributed by atoms with Crippen LogP contribution in [0, 0.1) is 0 Å². The highest BCUT2D eigenvalue weighted by molar-refractivity contribution is 5.95. The average molecular weight is 749 g/mol. The number of benzene rings is 1. The van der Waals surface area contributed by atoms with Crippen molar-refractivity contribution in [1.29, 1.82) is 0 Å². The molecule has 0 spiro atoms. The molecule has 1 aromatic rings.